The lowest BCUT2D eigenvalue weighted by Crippen LogP contribution is -1.87. The van der Waals surface area contributed by atoms with E-state index in [1.165, 1.54) is 5.56 Å². The fourth-order valence-corrected chi connectivity index (χ4v) is 2.18. The molecule has 20 heavy (non-hydrogen) atoms. The molecule has 102 valence electrons. The lowest BCUT2D eigenvalue weighted by molar-refractivity contribution is 0.449. The van der Waals surface area contributed by atoms with Gasteiger partial charge in [-0.15, -0.1) is 0 Å². The fraction of sp³-hybridized carbons (Fsp3) is 0.188. The standard InChI is InChI=1S/C16H17N3O/c1-2-3-11-4-7-13(8-5-11)20-16-18-14-9-6-12(17)10-15(14)19-16/h4-10H,2-3,17H2,1H3,(H,18,19). The van der Waals surface area contributed by atoms with Crippen LogP contribution in [0.25, 0.3) is 11.0 Å². The van der Waals surface area contributed by atoms with E-state index in [1.54, 1.807) is 0 Å². The number of aromatic amines is 1. The van der Waals surface area contributed by atoms with E-state index >= 15 is 0 Å². The molecule has 1 aromatic heterocycles. The van der Waals surface area contributed by atoms with Crippen molar-refractivity contribution in [1.82, 2.24) is 9.97 Å². The van der Waals surface area contributed by atoms with Crippen molar-refractivity contribution >= 4 is 16.7 Å². The summed E-state index contributed by atoms with van der Waals surface area (Å²) in [5.41, 5.74) is 9.49. The minimum Gasteiger partial charge on any atom is -0.426 e. The Morgan fingerprint density at radius 3 is 2.70 bits per heavy atom. The zero-order valence-corrected chi connectivity index (χ0v) is 11.4. The summed E-state index contributed by atoms with van der Waals surface area (Å²) in [6.07, 6.45) is 2.23. The third kappa shape index (κ3) is 2.59. The van der Waals surface area contributed by atoms with Gasteiger partial charge < -0.3 is 15.5 Å². The minimum atomic E-state index is 0.480. The number of hydrogen-bond acceptors (Lipinski definition) is 3. The van der Waals surface area contributed by atoms with Crippen molar-refractivity contribution in [2.45, 2.75) is 19.8 Å². The first kappa shape index (κ1) is 12.5. The number of rotatable bonds is 4. The first-order valence-corrected chi connectivity index (χ1v) is 6.76. The average molecular weight is 267 g/mol. The second-order valence-electron chi connectivity index (χ2n) is 4.81. The van der Waals surface area contributed by atoms with Gasteiger partial charge in [0.25, 0.3) is 6.01 Å². The van der Waals surface area contributed by atoms with Crippen LogP contribution in [0.3, 0.4) is 0 Å². The Kier molecular flexibility index (Phi) is 3.29. The van der Waals surface area contributed by atoms with Gasteiger partial charge >= 0.3 is 0 Å². The summed E-state index contributed by atoms with van der Waals surface area (Å²) in [6.45, 7) is 2.17. The molecule has 0 saturated heterocycles. The first-order valence-electron chi connectivity index (χ1n) is 6.76. The van der Waals surface area contributed by atoms with Crippen molar-refractivity contribution < 1.29 is 4.74 Å². The number of nitrogens with two attached hydrogens (primary N) is 1. The van der Waals surface area contributed by atoms with Gasteiger partial charge in [-0.1, -0.05) is 25.5 Å². The van der Waals surface area contributed by atoms with Crippen LogP contribution in [0.1, 0.15) is 18.9 Å². The topological polar surface area (TPSA) is 63.9 Å². The van der Waals surface area contributed by atoms with Gasteiger partial charge in [0.2, 0.25) is 0 Å². The Balaban J connectivity index is 1.81. The summed E-state index contributed by atoms with van der Waals surface area (Å²) < 4.78 is 5.73. The molecular formula is C16H17N3O. The van der Waals surface area contributed by atoms with Crippen molar-refractivity contribution in [3.63, 3.8) is 0 Å². The quantitative estimate of drug-likeness (QED) is 0.705. The summed E-state index contributed by atoms with van der Waals surface area (Å²) in [5, 5.41) is 0. The number of nitrogens with zero attached hydrogens (tertiary/aromatic N) is 1. The third-order valence-corrected chi connectivity index (χ3v) is 3.16. The summed E-state index contributed by atoms with van der Waals surface area (Å²) >= 11 is 0. The van der Waals surface area contributed by atoms with Crippen LogP contribution >= 0.6 is 0 Å². The SMILES string of the molecule is CCCc1ccc(Oc2nc3ccc(N)cc3[nH]2)cc1. The molecule has 0 aliphatic heterocycles. The molecule has 0 aliphatic carbocycles. The van der Waals surface area contributed by atoms with Crippen molar-refractivity contribution in [3.05, 3.63) is 48.0 Å². The Hall–Kier alpha value is -2.49. The zero-order valence-electron chi connectivity index (χ0n) is 11.4. The van der Waals surface area contributed by atoms with Crippen LogP contribution < -0.4 is 10.5 Å². The fourth-order valence-electron chi connectivity index (χ4n) is 2.18. The molecule has 0 aliphatic rings. The molecule has 4 nitrogen and oxygen atoms in total. The van der Waals surface area contributed by atoms with Gasteiger partial charge in [-0.05, 0) is 42.3 Å². The molecule has 1 heterocycles. The summed E-state index contributed by atoms with van der Waals surface area (Å²) in [4.78, 5) is 7.49. The predicted octanol–water partition coefficient (Wildman–Crippen LogP) is 3.89. The normalized spacial score (nSPS) is 10.8. The molecule has 4 heteroatoms. The van der Waals surface area contributed by atoms with Crippen molar-refractivity contribution in [1.29, 1.82) is 0 Å². The third-order valence-electron chi connectivity index (χ3n) is 3.16. The van der Waals surface area contributed by atoms with Gasteiger partial charge in [0.05, 0.1) is 11.0 Å². The number of benzene rings is 2. The number of hydrogen-bond donors (Lipinski definition) is 2. The highest BCUT2D eigenvalue weighted by Crippen LogP contribution is 2.23. The Bertz CT molecular complexity index is 716. The maximum absolute atomic E-state index is 5.74. The molecule has 3 N–H and O–H groups in total. The van der Waals surface area contributed by atoms with Crippen molar-refractivity contribution in [2.24, 2.45) is 0 Å². The second-order valence-corrected chi connectivity index (χ2v) is 4.81. The van der Waals surface area contributed by atoms with Gasteiger partial charge in [0.1, 0.15) is 5.75 Å². The molecule has 0 bridgehead atoms. The highest BCUT2D eigenvalue weighted by atomic mass is 16.5. The minimum absolute atomic E-state index is 0.480. The number of nitrogens with one attached hydrogen (secondary N) is 1. The smallest absolute Gasteiger partial charge is 0.300 e. The van der Waals surface area contributed by atoms with Gasteiger partial charge in [0, 0.05) is 5.69 Å². The second kappa shape index (κ2) is 5.25. The van der Waals surface area contributed by atoms with Gasteiger partial charge in [0.15, 0.2) is 0 Å². The monoisotopic (exact) mass is 267 g/mol. The predicted molar refractivity (Wildman–Crippen MR) is 81.0 cm³/mol. The van der Waals surface area contributed by atoms with E-state index in [-0.39, 0.29) is 0 Å². The van der Waals surface area contributed by atoms with E-state index in [9.17, 15) is 0 Å². The molecule has 0 amide bonds. The molecule has 3 aromatic rings. The van der Waals surface area contributed by atoms with Crippen LogP contribution in [-0.4, -0.2) is 9.97 Å². The van der Waals surface area contributed by atoms with Gasteiger partial charge in [-0.25, -0.2) is 0 Å². The van der Waals surface area contributed by atoms with Crippen molar-refractivity contribution in [3.8, 4) is 11.8 Å². The van der Waals surface area contributed by atoms with Gasteiger partial charge in [-0.2, -0.15) is 4.98 Å². The van der Waals surface area contributed by atoms with E-state index < -0.39 is 0 Å². The highest BCUT2D eigenvalue weighted by Gasteiger charge is 2.05. The first-order chi connectivity index (χ1) is 9.74. The number of fused-ring (bicyclic) bond motifs is 1. The number of ether oxygens (including phenoxy) is 1. The van der Waals surface area contributed by atoms with E-state index in [1.807, 2.05) is 30.3 Å². The van der Waals surface area contributed by atoms with Crippen molar-refractivity contribution in [2.75, 3.05) is 5.73 Å². The molecule has 0 atom stereocenters. The summed E-state index contributed by atoms with van der Waals surface area (Å²) in [5.74, 6) is 0.775. The van der Waals surface area contributed by atoms with Crippen LogP contribution in [0.5, 0.6) is 11.8 Å². The van der Waals surface area contributed by atoms with Crippen LogP contribution in [0.2, 0.25) is 0 Å². The number of aromatic nitrogens is 2. The number of H-pyrrole nitrogens is 1. The number of anilines is 1. The van der Waals surface area contributed by atoms with E-state index in [0.29, 0.717) is 11.7 Å². The average Bonchev–Trinajstić information content (AvgIpc) is 2.82. The molecular weight excluding hydrogens is 250 g/mol. The maximum atomic E-state index is 5.74. The Morgan fingerprint density at radius 2 is 1.95 bits per heavy atom. The van der Waals surface area contributed by atoms with E-state index in [4.69, 9.17) is 10.5 Å². The van der Waals surface area contributed by atoms with Crippen LogP contribution in [0, 0.1) is 0 Å². The molecule has 0 unspecified atom stereocenters. The number of nitrogen functional groups attached to an aromatic ring is 1. The number of imidazole rings is 1. The van der Waals surface area contributed by atoms with Crippen LogP contribution in [0.15, 0.2) is 42.5 Å². The molecule has 0 radical (unpaired) electrons. The maximum Gasteiger partial charge on any atom is 0.300 e. The number of aryl methyl sites for hydroxylation is 1. The molecule has 0 fully saturated rings. The molecule has 2 aromatic carbocycles. The largest absolute Gasteiger partial charge is 0.426 e. The van der Waals surface area contributed by atoms with E-state index in [2.05, 4.69) is 29.0 Å². The summed E-state index contributed by atoms with van der Waals surface area (Å²) in [6, 6.07) is 14.1. The summed E-state index contributed by atoms with van der Waals surface area (Å²) in [7, 11) is 0. The lowest BCUT2D eigenvalue weighted by Gasteiger charge is -2.03. The Labute approximate surface area is 117 Å². The zero-order chi connectivity index (χ0) is 13.9. The van der Waals surface area contributed by atoms with Crippen LogP contribution in [-0.2, 0) is 6.42 Å². The van der Waals surface area contributed by atoms with Crippen LogP contribution in [0.4, 0.5) is 5.69 Å². The molecule has 3 rings (SSSR count). The molecule has 0 saturated carbocycles. The van der Waals surface area contributed by atoms with E-state index in [0.717, 1.165) is 29.6 Å². The molecule has 0 spiro atoms. The Morgan fingerprint density at radius 1 is 1.15 bits per heavy atom. The van der Waals surface area contributed by atoms with Gasteiger partial charge in [-0.3, -0.25) is 0 Å². The lowest BCUT2D eigenvalue weighted by atomic mass is 10.1. The highest BCUT2D eigenvalue weighted by molar-refractivity contribution is 5.79.